The van der Waals surface area contributed by atoms with Crippen molar-refractivity contribution in [3.63, 3.8) is 0 Å². The predicted octanol–water partition coefficient (Wildman–Crippen LogP) is 2.77. The van der Waals surface area contributed by atoms with Crippen LogP contribution >= 0.6 is 0 Å². The second-order valence-electron chi connectivity index (χ2n) is 4.80. The van der Waals surface area contributed by atoms with E-state index in [2.05, 4.69) is 9.88 Å². The normalized spacial score (nSPS) is 10.3. The number of anilines is 1. The summed E-state index contributed by atoms with van der Waals surface area (Å²) in [6.07, 6.45) is 2.65. The van der Waals surface area contributed by atoms with Gasteiger partial charge < -0.3 is 10.0 Å². The molecule has 0 fully saturated rings. The zero-order valence-corrected chi connectivity index (χ0v) is 11.7. The van der Waals surface area contributed by atoms with Gasteiger partial charge in [-0.2, -0.15) is 0 Å². The topological polar surface area (TPSA) is 53.4 Å². The van der Waals surface area contributed by atoms with E-state index in [9.17, 15) is 4.79 Å². The van der Waals surface area contributed by atoms with Crippen molar-refractivity contribution in [2.24, 2.45) is 0 Å². The minimum absolute atomic E-state index is 0.354. The van der Waals surface area contributed by atoms with Crippen LogP contribution in [-0.2, 0) is 6.42 Å². The summed E-state index contributed by atoms with van der Waals surface area (Å²) in [5.74, 6) is -0.884. The number of aromatic nitrogens is 1. The van der Waals surface area contributed by atoms with Gasteiger partial charge in [-0.3, -0.25) is 4.98 Å². The molecule has 0 radical (unpaired) electrons. The minimum atomic E-state index is -0.884. The highest BCUT2D eigenvalue weighted by molar-refractivity contribution is 5.89. The fourth-order valence-corrected chi connectivity index (χ4v) is 2.08. The fraction of sp³-hybridized carbons (Fsp3) is 0.250. The van der Waals surface area contributed by atoms with Crippen LogP contribution in [-0.4, -0.2) is 29.7 Å². The zero-order valence-electron chi connectivity index (χ0n) is 11.7. The van der Waals surface area contributed by atoms with E-state index in [1.54, 1.807) is 12.3 Å². The number of nitrogens with zero attached hydrogens (tertiary/aromatic N) is 2. The van der Waals surface area contributed by atoms with Crippen molar-refractivity contribution in [3.8, 4) is 0 Å². The van der Waals surface area contributed by atoms with Gasteiger partial charge in [0.25, 0.3) is 0 Å². The summed E-state index contributed by atoms with van der Waals surface area (Å²) < 4.78 is 0. The second-order valence-corrected chi connectivity index (χ2v) is 4.80. The zero-order chi connectivity index (χ0) is 14.5. The minimum Gasteiger partial charge on any atom is -0.478 e. The van der Waals surface area contributed by atoms with E-state index in [-0.39, 0.29) is 0 Å². The molecular formula is C16H18N2O2. The number of hydrogen-bond donors (Lipinski definition) is 1. The van der Waals surface area contributed by atoms with Gasteiger partial charge in [0, 0.05) is 37.6 Å². The monoisotopic (exact) mass is 270 g/mol. The number of pyridine rings is 1. The van der Waals surface area contributed by atoms with E-state index < -0.39 is 5.97 Å². The highest BCUT2D eigenvalue weighted by Crippen LogP contribution is 2.18. The van der Waals surface area contributed by atoms with Crippen molar-refractivity contribution in [3.05, 3.63) is 59.4 Å². The summed E-state index contributed by atoms with van der Waals surface area (Å²) in [5.41, 5.74) is 3.20. The first-order valence-electron chi connectivity index (χ1n) is 6.53. The maximum Gasteiger partial charge on any atom is 0.335 e. The van der Waals surface area contributed by atoms with Gasteiger partial charge in [-0.25, -0.2) is 4.79 Å². The van der Waals surface area contributed by atoms with Crippen LogP contribution in [0.15, 0.2) is 42.6 Å². The van der Waals surface area contributed by atoms with Crippen molar-refractivity contribution >= 4 is 11.7 Å². The molecule has 0 aliphatic heterocycles. The first kappa shape index (κ1) is 14.1. The molecule has 1 aromatic heterocycles. The van der Waals surface area contributed by atoms with E-state index in [0.717, 1.165) is 29.9 Å². The molecule has 0 amide bonds. The highest BCUT2D eigenvalue weighted by atomic mass is 16.4. The van der Waals surface area contributed by atoms with Crippen molar-refractivity contribution in [1.82, 2.24) is 4.98 Å². The van der Waals surface area contributed by atoms with Gasteiger partial charge in [-0.05, 0) is 42.8 Å². The third kappa shape index (κ3) is 3.35. The van der Waals surface area contributed by atoms with Gasteiger partial charge in [0.1, 0.15) is 0 Å². The van der Waals surface area contributed by atoms with Crippen molar-refractivity contribution in [2.45, 2.75) is 13.3 Å². The van der Waals surface area contributed by atoms with E-state index in [1.807, 2.05) is 44.3 Å². The molecule has 0 saturated heterocycles. The van der Waals surface area contributed by atoms with Crippen LogP contribution in [0.5, 0.6) is 0 Å². The number of benzene rings is 1. The lowest BCUT2D eigenvalue weighted by Gasteiger charge is -2.20. The Labute approximate surface area is 118 Å². The lowest BCUT2D eigenvalue weighted by atomic mass is 10.1. The van der Waals surface area contributed by atoms with Gasteiger partial charge in [0.2, 0.25) is 0 Å². The summed E-state index contributed by atoms with van der Waals surface area (Å²) in [7, 11) is 2.00. The number of rotatable bonds is 5. The van der Waals surface area contributed by atoms with Crippen LogP contribution in [0.4, 0.5) is 5.69 Å². The Hall–Kier alpha value is -2.36. The number of carbonyl (C=O) groups is 1. The predicted molar refractivity (Wildman–Crippen MR) is 79.3 cm³/mol. The number of aromatic carboxylic acids is 1. The molecule has 0 unspecified atom stereocenters. The third-order valence-electron chi connectivity index (χ3n) is 3.31. The fourth-order valence-electron chi connectivity index (χ4n) is 2.08. The Bertz CT molecular complexity index is 597. The van der Waals surface area contributed by atoms with Gasteiger partial charge in [0.15, 0.2) is 0 Å². The van der Waals surface area contributed by atoms with Crippen molar-refractivity contribution in [1.29, 1.82) is 0 Å². The molecule has 4 nitrogen and oxygen atoms in total. The molecule has 104 valence electrons. The highest BCUT2D eigenvalue weighted by Gasteiger charge is 2.09. The average Bonchev–Trinajstić information content (AvgIpc) is 2.45. The van der Waals surface area contributed by atoms with E-state index in [1.165, 1.54) is 0 Å². The van der Waals surface area contributed by atoms with Gasteiger partial charge >= 0.3 is 5.97 Å². The maximum absolute atomic E-state index is 11.0. The third-order valence-corrected chi connectivity index (χ3v) is 3.31. The molecule has 0 atom stereocenters. The number of aryl methyl sites for hydroxylation is 1. The summed E-state index contributed by atoms with van der Waals surface area (Å²) in [5, 5.41) is 9.03. The molecular weight excluding hydrogens is 252 g/mol. The standard InChI is InChI=1S/C16H18N2O2/c1-12-11-14(6-7-15(12)16(19)20)18(2)10-8-13-5-3-4-9-17-13/h3-7,9,11H,8,10H2,1-2H3,(H,19,20). The van der Waals surface area contributed by atoms with E-state index in [0.29, 0.717) is 5.56 Å². The smallest absolute Gasteiger partial charge is 0.335 e. The Morgan fingerprint density at radius 3 is 2.70 bits per heavy atom. The van der Waals surface area contributed by atoms with Crippen molar-refractivity contribution < 1.29 is 9.90 Å². The Morgan fingerprint density at radius 1 is 1.30 bits per heavy atom. The summed E-state index contributed by atoms with van der Waals surface area (Å²) in [6.45, 7) is 2.66. The van der Waals surface area contributed by atoms with Gasteiger partial charge in [-0.1, -0.05) is 6.07 Å². The molecule has 1 heterocycles. The van der Waals surface area contributed by atoms with Crippen LogP contribution in [0.3, 0.4) is 0 Å². The Balaban J connectivity index is 2.04. The number of likely N-dealkylation sites (N-methyl/N-ethyl adjacent to an activating group) is 1. The van der Waals surface area contributed by atoms with E-state index in [4.69, 9.17) is 5.11 Å². The maximum atomic E-state index is 11.0. The number of carboxylic acids is 1. The van der Waals surface area contributed by atoms with Crippen LogP contribution in [0, 0.1) is 6.92 Å². The number of carboxylic acid groups (broad SMARTS) is 1. The average molecular weight is 270 g/mol. The largest absolute Gasteiger partial charge is 0.478 e. The quantitative estimate of drug-likeness (QED) is 0.907. The van der Waals surface area contributed by atoms with Gasteiger partial charge in [-0.15, -0.1) is 0 Å². The molecule has 1 aromatic carbocycles. The molecule has 0 bridgehead atoms. The lowest BCUT2D eigenvalue weighted by molar-refractivity contribution is 0.0696. The van der Waals surface area contributed by atoms with E-state index >= 15 is 0 Å². The molecule has 0 spiro atoms. The van der Waals surface area contributed by atoms with Crippen LogP contribution < -0.4 is 4.90 Å². The lowest BCUT2D eigenvalue weighted by Crippen LogP contribution is -2.21. The molecule has 20 heavy (non-hydrogen) atoms. The van der Waals surface area contributed by atoms with Gasteiger partial charge in [0.05, 0.1) is 5.56 Å². The number of hydrogen-bond acceptors (Lipinski definition) is 3. The summed E-state index contributed by atoms with van der Waals surface area (Å²) in [6, 6.07) is 11.3. The molecule has 0 saturated carbocycles. The van der Waals surface area contributed by atoms with Crippen LogP contribution in [0.1, 0.15) is 21.6 Å². The molecule has 0 aliphatic rings. The second kappa shape index (κ2) is 6.19. The SMILES string of the molecule is Cc1cc(N(C)CCc2ccccn2)ccc1C(=O)O. The molecule has 2 rings (SSSR count). The van der Waals surface area contributed by atoms with Crippen LogP contribution in [0.25, 0.3) is 0 Å². The Kier molecular flexibility index (Phi) is 4.35. The molecule has 1 N–H and O–H groups in total. The summed E-state index contributed by atoms with van der Waals surface area (Å²) in [4.78, 5) is 17.4. The first-order chi connectivity index (χ1) is 9.58. The first-order valence-corrected chi connectivity index (χ1v) is 6.53. The molecule has 4 heteroatoms. The van der Waals surface area contributed by atoms with Crippen molar-refractivity contribution in [2.75, 3.05) is 18.5 Å². The Morgan fingerprint density at radius 2 is 2.10 bits per heavy atom. The molecule has 2 aromatic rings. The summed E-state index contributed by atoms with van der Waals surface area (Å²) >= 11 is 0. The molecule has 0 aliphatic carbocycles. The van der Waals surface area contributed by atoms with Crippen LogP contribution in [0.2, 0.25) is 0 Å².